The van der Waals surface area contributed by atoms with Gasteiger partial charge in [0, 0.05) is 52.2 Å². The van der Waals surface area contributed by atoms with Crippen molar-refractivity contribution in [2.24, 2.45) is 0 Å². The number of hydrogen-bond donors (Lipinski definition) is 1. The smallest absolute Gasteiger partial charge is 0.249 e. The molecule has 3 aliphatic rings. The molecule has 1 aromatic heterocycles. The van der Waals surface area contributed by atoms with Crippen LogP contribution in [0.5, 0.6) is 11.5 Å². The number of fused-ring (bicyclic) bond motifs is 2. The van der Waals surface area contributed by atoms with E-state index in [1.54, 1.807) is 0 Å². The maximum atomic E-state index is 12.1. The molecule has 1 aromatic carbocycles. The summed E-state index contributed by atoms with van der Waals surface area (Å²) in [7, 11) is 0. The second-order valence-corrected chi connectivity index (χ2v) is 8.23. The normalized spacial score (nSPS) is 20.8. The number of amides is 1. The summed E-state index contributed by atoms with van der Waals surface area (Å²) in [6, 6.07) is 6.20. The van der Waals surface area contributed by atoms with Gasteiger partial charge in [-0.05, 0) is 30.5 Å². The fourth-order valence-electron chi connectivity index (χ4n) is 4.41. The van der Waals surface area contributed by atoms with E-state index in [0.29, 0.717) is 32.8 Å². The quantitative estimate of drug-likeness (QED) is 0.734. The molecule has 2 aromatic rings. The molecule has 0 radical (unpaired) electrons. The Labute approximate surface area is 181 Å². The molecule has 1 fully saturated rings. The van der Waals surface area contributed by atoms with Crippen LogP contribution in [0.15, 0.2) is 18.2 Å². The maximum absolute atomic E-state index is 12.1. The van der Waals surface area contributed by atoms with Crippen LogP contribution in [0.25, 0.3) is 0 Å². The fourth-order valence-corrected chi connectivity index (χ4v) is 4.41. The molecule has 0 spiro atoms. The zero-order valence-corrected chi connectivity index (χ0v) is 17.7. The third kappa shape index (κ3) is 4.67. The first kappa shape index (κ1) is 20.3. The van der Waals surface area contributed by atoms with E-state index in [-0.39, 0.29) is 12.0 Å². The summed E-state index contributed by atoms with van der Waals surface area (Å²) in [4.78, 5) is 14.6. The SMILES string of the molecule is O=C(NCCc1nnc2n1CCN(Cc1ccc3c(c1)OCCO3)CC2)[C@@H]1CCCO1. The van der Waals surface area contributed by atoms with Crippen molar-refractivity contribution in [2.45, 2.75) is 44.9 Å². The molecule has 0 unspecified atom stereocenters. The molecular formula is C22H29N5O4. The average Bonchev–Trinajstić information content (AvgIpc) is 3.42. The molecule has 0 aliphatic carbocycles. The summed E-state index contributed by atoms with van der Waals surface area (Å²) >= 11 is 0. The average molecular weight is 428 g/mol. The number of carbonyl (C=O) groups excluding carboxylic acids is 1. The van der Waals surface area contributed by atoms with Crippen molar-refractivity contribution < 1.29 is 19.0 Å². The Kier molecular flexibility index (Phi) is 6.04. The topological polar surface area (TPSA) is 90.7 Å². The number of nitrogens with zero attached hydrogens (tertiary/aromatic N) is 4. The highest BCUT2D eigenvalue weighted by Gasteiger charge is 2.24. The molecule has 1 amide bonds. The van der Waals surface area contributed by atoms with E-state index in [2.05, 4.69) is 37.1 Å². The first-order valence-electron chi connectivity index (χ1n) is 11.2. The van der Waals surface area contributed by atoms with Crippen molar-refractivity contribution in [2.75, 3.05) is 39.5 Å². The predicted octanol–water partition coefficient (Wildman–Crippen LogP) is 0.945. The summed E-state index contributed by atoms with van der Waals surface area (Å²) < 4.78 is 19.0. The highest BCUT2D eigenvalue weighted by molar-refractivity contribution is 5.80. The molecule has 166 valence electrons. The van der Waals surface area contributed by atoms with Crippen molar-refractivity contribution in [3.63, 3.8) is 0 Å². The molecule has 31 heavy (non-hydrogen) atoms. The summed E-state index contributed by atoms with van der Waals surface area (Å²) in [5.41, 5.74) is 1.22. The molecular weight excluding hydrogens is 398 g/mol. The summed E-state index contributed by atoms with van der Waals surface area (Å²) in [5.74, 6) is 3.60. The second-order valence-electron chi connectivity index (χ2n) is 8.23. The molecule has 5 rings (SSSR count). The highest BCUT2D eigenvalue weighted by atomic mass is 16.6. The zero-order chi connectivity index (χ0) is 21.0. The van der Waals surface area contributed by atoms with Gasteiger partial charge in [-0.25, -0.2) is 0 Å². The van der Waals surface area contributed by atoms with E-state index in [0.717, 1.165) is 68.6 Å². The van der Waals surface area contributed by atoms with Gasteiger partial charge >= 0.3 is 0 Å². The van der Waals surface area contributed by atoms with Gasteiger partial charge in [0.2, 0.25) is 5.91 Å². The Morgan fingerprint density at radius 1 is 1.10 bits per heavy atom. The minimum absolute atomic E-state index is 0.0151. The van der Waals surface area contributed by atoms with Crippen LogP contribution in [0, 0.1) is 0 Å². The van der Waals surface area contributed by atoms with Crippen molar-refractivity contribution in [1.29, 1.82) is 0 Å². The molecule has 0 bridgehead atoms. The first-order valence-corrected chi connectivity index (χ1v) is 11.2. The van der Waals surface area contributed by atoms with Gasteiger partial charge in [0.05, 0.1) is 0 Å². The van der Waals surface area contributed by atoms with Gasteiger partial charge in [0.15, 0.2) is 11.5 Å². The Bertz CT molecular complexity index is 925. The minimum atomic E-state index is -0.287. The van der Waals surface area contributed by atoms with E-state index in [4.69, 9.17) is 14.2 Å². The summed E-state index contributed by atoms with van der Waals surface area (Å²) in [6.07, 6.45) is 3.02. The highest BCUT2D eigenvalue weighted by Crippen LogP contribution is 2.31. The lowest BCUT2D eigenvalue weighted by Gasteiger charge is -2.22. The van der Waals surface area contributed by atoms with Crippen LogP contribution in [-0.4, -0.2) is 71.1 Å². The van der Waals surface area contributed by atoms with Crippen molar-refractivity contribution >= 4 is 5.91 Å². The van der Waals surface area contributed by atoms with Gasteiger partial charge in [-0.15, -0.1) is 10.2 Å². The van der Waals surface area contributed by atoms with Crippen LogP contribution in [0.4, 0.5) is 0 Å². The van der Waals surface area contributed by atoms with E-state index >= 15 is 0 Å². The summed E-state index contributed by atoms with van der Waals surface area (Å²) in [5, 5.41) is 11.8. The molecule has 3 aliphatic heterocycles. The van der Waals surface area contributed by atoms with Gasteiger partial charge in [0.25, 0.3) is 0 Å². The van der Waals surface area contributed by atoms with Crippen LogP contribution < -0.4 is 14.8 Å². The van der Waals surface area contributed by atoms with Gasteiger partial charge in [-0.1, -0.05) is 6.07 Å². The van der Waals surface area contributed by atoms with Gasteiger partial charge in [-0.2, -0.15) is 0 Å². The number of benzene rings is 1. The molecule has 0 saturated carbocycles. The molecule has 1 N–H and O–H groups in total. The van der Waals surface area contributed by atoms with Crippen molar-refractivity contribution in [3.05, 3.63) is 35.4 Å². The molecule has 4 heterocycles. The fraction of sp³-hybridized carbons (Fsp3) is 0.591. The number of nitrogens with one attached hydrogen (secondary N) is 1. The monoisotopic (exact) mass is 427 g/mol. The predicted molar refractivity (Wildman–Crippen MR) is 112 cm³/mol. The zero-order valence-electron chi connectivity index (χ0n) is 17.7. The standard InChI is InChI=1S/C22H29N5O4/c28-22(18-2-1-11-29-18)23-7-5-20-24-25-21-6-8-26(9-10-27(20)21)15-16-3-4-17-19(14-16)31-13-12-30-17/h3-4,14,18H,1-2,5-13,15H2,(H,23,28)/t18-/m0/s1. The van der Waals surface area contributed by atoms with Crippen LogP contribution in [0.3, 0.4) is 0 Å². The first-order chi connectivity index (χ1) is 15.3. The number of hydrogen-bond acceptors (Lipinski definition) is 7. The molecule has 1 atom stereocenters. The van der Waals surface area contributed by atoms with Crippen molar-refractivity contribution in [3.8, 4) is 11.5 Å². The van der Waals surface area contributed by atoms with Gasteiger partial charge in [0.1, 0.15) is 31.0 Å². The third-order valence-electron chi connectivity index (χ3n) is 6.08. The van der Waals surface area contributed by atoms with Crippen LogP contribution in [0.2, 0.25) is 0 Å². The number of rotatable bonds is 6. The van der Waals surface area contributed by atoms with Gasteiger partial charge in [-0.3, -0.25) is 9.69 Å². The van der Waals surface area contributed by atoms with Crippen LogP contribution in [-0.2, 0) is 35.5 Å². The Balaban J connectivity index is 1.15. The van der Waals surface area contributed by atoms with Crippen LogP contribution >= 0.6 is 0 Å². The van der Waals surface area contributed by atoms with E-state index in [9.17, 15) is 4.79 Å². The number of ether oxygens (including phenoxy) is 3. The van der Waals surface area contributed by atoms with E-state index in [1.165, 1.54) is 5.56 Å². The number of aromatic nitrogens is 3. The van der Waals surface area contributed by atoms with Gasteiger partial charge < -0.3 is 24.1 Å². The Morgan fingerprint density at radius 3 is 2.87 bits per heavy atom. The lowest BCUT2D eigenvalue weighted by molar-refractivity contribution is -0.130. The second kappa shape index (κ2) is 9.23. The van der Waals surface area contributed by atoms with Crippen LogP contribution in [0.1, 0.15) is 30.1 Å². The minimum Gasteiger partial charge on any atom is -0.486 e. The van der Waals surface area contributed by atoms with Crippen molar-refractivity contribution in [1.82, 2.24) is 25.0 Å². The lowest BCUT2D eigenvalue weighted by atomic mass is 10.1. The lowest BCUT2D eigenvalue weighted by Crippen LogP contribution is -2.35. The Hall–Kier alpha value is -2.65. The molecule has 9 heteroatoms. The van der Waals surface area contributed by atoms with E-state index in [1.807, 2.05) is 6.07 Å². The Morgan fingerprint density at radius 2 is 2.00 bits per heavy atom. The number of carbonyl (C=O) groups is 1. The molecule has 1 saturated heterocycles. The third-order valence-corrected chi connectivity index (χ3v) is 6.08. The molecule has 9 nitrogen and oxygen atoms in total. The van der Waals surface area contributed by atoms with E-state index < -0.39 is 0 Å². The largest absolute Gasteiger partial charge is 0.486 e. The summed E-state index contributed by atoms with van der Waals surface area (Å²) in [6.45, 7) is 6.01. The maximum Gasteiger partial charge on any atom is 0.249 e.